The molecular weight excluding hydrogens is 244 g/mol. The Morgan fingerprint density at radius 1 is 1.42 bits per heavy atom. The third kappa shape index (κ3) is 2.91. The summed E-state index contributed by atoms with van der Waals surface area (Å²) < 4.78 is 0. The molecule has 1 saturated heterocycles. The molecule has 3 atom stereocenters. The Labute approximate surface area is 113 Å². The summed E-state index contributed by atoms with van der Waals surface area (Å²) in [4.78, 5) is 25.0. The number of nitrogens with one attached hydrogen (secondary N) is 1. The van der Waals surface area contributed by atoms with Gasteiger partial charge in [-0.25, -0.2) is 9.59 Å². The largest absolute Gasteiger partial charge is 0.480 e. The molecule has 2 aliphatic rings. The fourth-order valence-electron chi connectivity index (χ4n) is 3.36. The van der Waals surface area contributed by atoms with E-state index in [2.05, 4.69) is 5.32 Å². The van der Waals surface area contributed by atoms with Crippen molar-refractivity contribution in [3.05, 3.63) is 12.2 Å². The number of carbonyl (C=O) groups excluding carboxylic acids is 1. The van der Waals surface area contributed by atoms with Crippen LogP contribution >= 0.6 is 0 Å². The molecule has 2 rings (SSSR count). The highest BCUT2D eigenvalue weighted by atomic mass is 16.4. The number of carboxylic acids is 1. The van der Waals surface area contributed by atoms with Gasteiger partial charge in [-0.05, 0) is 38.0 Å². The third-order valence-electron chi connectivity index (χ3n) is 4.23. The zero-order chi connectivity index (χ0) is 13.8. The fourth-order valence-corrected chi connectivity index (χ4v) is 3.36. The van der Waals surface area contributed by atoms with Crippen molar-refractivity contribution in [2.24, 2.45) is 11.8 Å². The van der Waals surface area contributed by atoms with Gasteiger partial charge in [0.05, 0.1) is 0 Å². The van der Waals surface area contributed by atoms with E-state index in [0.29, 0.717) is 19.0 Å². The van der Waals surface area contributed by atoms with Crippen LogP contribution in [-0.2, 0) is 4.79 Å². The van der Waals surface area contributed by atoms with E-state index < -0.39 is 12.0 Å². The van der Waals surface area contributed by atoms with E-state index >= 15 is 0 Å². The van der Waals surface area contributed by atoms with Crippen LogP contribution in [0.4, 0.5) is 4.79 Å². The van der Waals surface area contributed by atoms with Crippen LogP contribution in [0.25, 0.3) is 0 Å². The zero-order valence-corrected chi connectivity index (χ0v) is 11.3. The standard InChI is InChI=1S/C14H22N2O3/c1-2-3-4-8-15-14(19)16-9-10-6-5-7-11(10)12(16)13(17)18/h2-3,10-12H,4-9H2,1H3,(H,15,19)(H,17,18)/b3-2+. The molecule has 0 bridgehead atoms. The van der Waals surface area contributed by atoms with Gasteiger partial charge < -0.3 is 15.3 Å². The average molecular weight is 266 g/mol. The molecule has 1 saturated carbocycles. The number of nitrogens with zero attached hydrogens (tertiary/aromatic N) is 1. The maximum absolute atomic E-state index is 12.1. The summed E-state index contributed by atoms with van der Waals surface area (Å²) >= 11 is 0. The van der Waals surface area contributed by atoms with E-state index in [0.717, 1.165) is 25.7 Å². The summed E-state index contributed by atoms with van der Waals surface area (Å²) in [5, 5.41) is 12.2. The molecule has 2 amide bonds. The minimum absolute atomic E-state index is 0.152. The Morgan fingerprint density at radius 3 is 2.89 bits per heavy atom. The number of carboxylic acid groups (broad SMARTS) is 1. The number of fused-ring (bicyclic) bond motifs is 1. The van der Waals surface area contributed by atoms with Gasteiger partial charge in [-0.15, -0.1) is 0 Å². The van der Waals surface area contributed by atoms with E-state index in [-0.39, 0.29) is 11.9 Å². The minimum atomic E-state index is -0.863. The first-order valence-electron chi connectivity index (χ1n) is 7.03. The second-order valence-electron chi connectivity index (χ2n) is 5.38. The Kier molecular flexibility index (Phi) is 4.45. The predicted molar refractivity (Wildman–Crippen MR) is 71.8 cm³/mol. The molecule has 5 heteroatoms. The second-order valence-corrected chi connectivity index (χ2v) is 5.38. The monoisotopic (exact) mass is 266 g/mol. The molecule has 2 N–H and O–H groups in total. The van der Waals surface area contributed by atoms with E-state index in [1.807, 2.05) is 19.1 Å². The third-order valence-corrected chi connectivity index (χ3v) is 4.23. The van der Waals surface area contributed by atoms with E-state index in [1.54, 1.807) is 0 Å². The van der Waals surface area contributed by atoms with Crippen molar-refractivity contribution in [1.82, 2.24) is 10.2 Å². The average Bonchev–Trinajstić information content (AvgIpc) is 2.93. The van der Waals surface area contributed by atoms with E-state index in [1.165, 1.54) is 4.90 Å². The first kappa shape index (κ1) is 13.9. The first-order chi connectivity index (χ1) is 9.15. The zero-order valence-electron chi connectivity index (χ0n) is 11.3. The van der Waals surface area contributed by atoms with Crippen LogP contribution in [0.15, 0.2) is 12.2 Å². The van der Waals surface area contributed by atoms with Crippen LogP contribution in [0, 0.1) is 11.8 Å². The number of likely N-dealkylation sites (tertiary alicyclic amines) is 1. The lowest BCUT2D eigenvalue weighted by atomic mass is 9.94. The van der Waals surface area contributed by atoms with Gasteiger partial charge in [0.25, 0.3) is 0 Å². The minimum Gasteiger partial charge on any atom is -0.480 e. The number of amides is 2. The van der Waals surface area contributed by atoms with Crippen LogP contribution < -0.4 is 5.32 Å². The van der Waals surface area contributed by atoms with Crippen LogP contribution in [0.1, 0.15) is 32.6 Å². The van der Waals surface area contributed by atoms with Gasteiger partial charge in [-0.1, -0.05) is 18.6 Å². The molecule has 0 radical (unpaired) electrons. The molecule has 3 unspecified atom stereocenters. The molecule has 1 aliphatic carbocycles. The van der Waals surface area contributed by atoms with Crippen molar-refractivity contribution in [3.8, 4) is 0 Å². The molecular formula is C14H22N2O3. The smallest absolute Gasteiger partial charge is 0.326 e. The molecule has 2 fully saturated rings. The van der Waals surface area contributed by atoms with Gasteiger partial charge in [-0.2, -0.15) is 0 Å². The Bertz CT molecular complexity index is 381. The van der Waals surface area contributed by atoms with Gasteiger partial charge in [-0.3, -0.25) is 0 Å². The summed E-state index contributed by atoms with van der Waals surface area (Å²) in [5.41, 5.74) is 0. The molecule has 0 aromatic carbocycles. The summed E-state index contributed by atoms with van der Waals surface area (Å²) in [5.74, 6) is -0.334. The molecule has 1 heterocycles. The highest BCUT2D eigenvalue weighted by Gasteiger charge is 2.49. The Hall–Kier alpha value is -1.52. The SMILES string of the molecule is C/C=C/CCNC(=O)N1CC2CCCC2C1C(=O)O. The maximum atomic E-state index is 12.1. The highest BCUT2D eigenvalue weighted by molar-refractivity contribution is 5.83. The number of aliphatic carboxylic acids is 1. The summed E-state index contributed by atoms with van der Waals surface area (Å²) in [6.45, 7) is 3.09. The lowest BCUT2D eigenvalue weighted by Crippen LogP contribution is -2.48. The number of allylic oxidation sites excluding steroid dienone is 1. The van der Waals surface area contributed by atoms with Gasteiger partial charge >= 0.3 is 12.0 Å². The van der Waals surface area contributed by atoms with E-state index in [4.69, 9.17) is 0 Å². The molecule has 1 aliphatic heterocycles. The molecule has 0 aromatic heterocycles. The summed E-state index contributed by atoms with van der Waals surface area (Å²) in [6, 6.07) is -0.861. The lowest BCUT2D eigenvalue weighted by Gasteiger charge is -2.24. The van der Waals surface area contributed by atoms with Gasteiger partial charge in [0, 0.05) is 13.1 Å². The molecule has 19 heavy (non-hydrogen) atoms. The summed E-state index contributed by atoms with van der Waals surface area (Å²) in [6.07, 6.45) is 7.78. The van der Waals surface area contributed by atoms with Crippen molar-refractivity contribution in [2.45, 2.75) is 38.6 Å². The molecule has 5 nitrogen and oxygen atoms in total. The quantitative estimate of drug-likeness (QED) is 0.602. The molecule has 0 spiro atoms. The number of urea groups is 1. The van der Waals surface area contributed by atoms with Crippen molar-refractivity contribution >= 4 is 12.0 Å². The van der Waals surface area contributed by atoms with Gasteiger partial charge in [0.15, 0.2) is 0 Å². The van der Waals surface area contributed by atoms with Crippen molar-refractivity contribution in [2.75, 3.05) is 13.1 Å². The van der Waals surface area contributed by atoms with Crippen LogP contribution in [0.5, 0.6) is 0 Å². The number of carbonyl (C=O) groups is 2. The van der Waals surface area contributed by atoms with Gasteiger partial charge in [0.2, 0.25) is 0 Å². The Balaban J connectivity index is 1.94. The van der Waals surface area contributed by atoms with Crippen LogP contribution in [0.2, 0.25) is 0 Å². The summed E-state index contributed by atoms with van der Waals surface area (Å²) in [7, 11) is 0. The van der Waals surface area contributed by atoms with Crippen molar-refractivity contribution in [3.63, 3.8) is 0 Å². The predicted octanol–water partition coefficient (Wildman–Crippen LogP) is 1.85. The normalized spacial score (nSPS) is 29.7. The number of rotatable bonds is 4. The lowest BCUT2D eigenvalue weighted by molar-refractivity contribution is -0.142. The topological polar surface area (TPSA) is 69.6 Å². The first-order valence-corrected chi connectivity index (χ1v) is 7.03. The second kappa shape index (κ2) is 6.08. The van der Waals surface area contributed by atoms with Crippen LogP contribution in [0.3, 0.4) is 0 Å². The van der Waals surface area contributed by atoms with E-state index in [9.17, 15) is 14.7 Å². The van der Waals surface area contributed by atoms with Crippen LogP contribution in [-0.4, -0.2) is 41.1 Å². The molecule has 106 valence electrons. The number of hydrogen-bond donors (Lipinski definition) is 2. The number of hydrogen-bond acceptors (Lipinski definition) is 2. The van der Waals surface area contributed by atoms with Gasteiger partial charge in [0.1, 0.15) is 6.04 Å². The maximum Gasteiger partial charge on any atom is 0.326 e. The molecule has 0 aromatic rings. The van der Waals surface area contributed by atoms with Crippen molar-refractivity contribution in [1.29, 1.82) is 0 Å². The Morgan fingerprint density at radius 2 is 2.21 bits per heavy atom. The highest BCUT2D eigenvalue weighted by Crippen LogP contribution is 2.42. The van der Waals surface area contributed by atoms with Crippen molar-refractivity contribution < 1.29 is 14.7 Å². The fraction of sp³-hybridized carbons (Fsp3) is 0.714.